The van der Waals surface area contributed by atoms with E-state index in [-0.39, 0.29) is 6.61 Å². The Morgan fingerprint density at radius 2 is 1.65 bits per heavy atom. The Hall–Kier alpha value is -1.88. The Balaban J connectivity index is 1.63. The Labute approximate surface area is 155 Å². The fourth-order valence-corrected chi connectivity index (χ4v) is 3.65. The molecule has 2 aliphatic rings. The molecule has 134 valence electrons. The summed E-state index contributed by atoms with van der Waals surface area (Å²) >= 11 is 0. The number of hydrogen-bond donors (Lipinski definition) is 1. The average molecular weight is 348 g/mol. The molecule has 2 aromatic rings. The highest BCUT2D eigenvalue weighted by Gasteiger charge is 2.52. The lowest BCUT2D eigenvalue weighted by Crippen LogP contribution is -2.41. The van der Waals surface area contributed by atoms with Gasteiger partial charge in [0.25, 0.3) is 0 Å². The van der Waals surface area contributed by atoms with Gasteiger partial charge in [0.2, 0.25) is 0 Å². The second-order valence-corrected chi connectivity index (χ2v) is 8.22. The smallest absolute Gasteiger partial charge is 0.400 e. The molecule has 1 aliphatic heterocycles. The Morgan fingerprint density at radius 3 is 2.35 bits per heavy atom. The van der Waals surface area contributed by atoms with Crippen LogP contribution in [0.1, 0.15) is 44.4 Å². The summed E-state index contributed by atoms with van der Waals surface area (Å²) in [4.78, 5) is 0. The highest BCUT2D eigenvalue weighted by Crippen LogP contribution is 2.40. The van der Waals surface area contributed by atoms with Crippen molar-refractivity contribution in [1.82, 2.24) is 0 Å². The summed E-state index contributed by atoms with van der Waals surface area (Å²) in [7, 11) is -0.518. The van der Waals surface area contributed by atoms with E-state index in [9.17, 15) is 5.11 Å². The van der Waals surface area contributed by atoms with Crippen molar-refractivity contribution < 1.29 is 14.4 Å². The van der Waals surface area contributed by atoms with Crippen molar-refractivity contribution in [3.05, 3.63) is 64.6 Å². The molecule has 0 spiro atoms. The molecule has 0 amide bonds. The fourth-order valence-electron chi connectivity index (χ4n) is 3.65. The van der Waals surface area contributed by atoms with Gasteiger partial charge in [0.15, 0.2) is 0 Å². The van der Waals surface area contributed by atoms with Gasteiger partial charge in [-0.05, 0) is 67.4 Å². The van der Waals surface area contributed by atoms with Crippen LogP contribution in [0.15, 0.2) is 47.9 Å². The summed E-state index contributed by atoms with van der Waals surface area (Å²) in [5, 5.41) is 9.90. The zero-order chi connectivity index (χ0) is 18.5. The van der Waals surface area contributed by atoms with Gasteiger partial charge in [-0.1, -0.05) is 48.5 Å². The highest BCUT2D eigenvalue weighted by atomic mass is 16.7. The summed E-state index contributed by atoms with van der Waals surface area (Å²) in [6, 6.07) is 15.0. The zero-order valence-electron chi connectivity index (χ0n) is 15.9. The Bertz CT molecular complexity index is 867. The van der Waals surface area contributed by atoms with Crippen LogP contribution in [-0.2, 0) is 15.7 Å². The first-order chi connectivity index (χ1) is 12.3. The first-order valence-corrected chi connectivity index (χ1v) is 9.19. The number of aliphatic hydroxyl groups excluding tert-OH is 1. The van der Waals surface area contributed by atoms with Crippen molar-refractivity contribution in [2.24, 2.45) is 0 Å². The van der Waals surface area contributed by atoms with E-state index in [0.29, 0.717) is 0 Å². The number of hydrogen-bond acceptors (Lipinski definition) is 3. The molecule has 4 rings (SSSR count). The van der Waals surface area contributed by atoms with E-state index in [2.05, 4.69) is 42.5 Å². The van der Waals surface area contributed by atoms with Gasteiger partial charge >= 0.3 is 7.12 Å². The predicted octanol–water partition coefficient (Wildman–Crippen LogP) is 4.26. The first kappa shape index (κ1) is 17.5. The van der Waals surface area contributed by atoms with Gasteiger partial charge in [0, 0.05) is 0 Å². The Kier molecular flexibility index (Phi) is 4.10. The van der Waals surface area contributed by atoms with Crippen LogP contribution >= 0.6 is 0 Å². The van der Waals surface area contributed by atoms with E-state index in [1.165, 1.54) is 22.3 Å². The minimum atomic E-state index is -0.518. The van der Waals surface area contributed by atoms with Crippen LogP contribution in [-0.4, -0.2) is 30.0 Å². The third kappa shape index (κ3) is 2.82. The maximum atomic E-state index is 9.90. The second-order valence-electron chi connectivity index (χ2n) is 8.22. The summed E-state index contributed by atoms with van der Waals surface area (Å²) in [6.07, 6.45) is 2.95. The minimum absolute atomic E-state index is 0.0891. The van der Waals surface area contributed by atoms with Crippen molar-refractivity contribution in [3.63, 3.8) is 0 Å². The van der Waals surface area contributed by atoms with E-state index < -0.39 is 18.3 Å². The number of benzene rings is 2. The van der Waals surface area contributed by atoms with Crippen molar-refractivity contribution in [2.75, 3.05) is 6.61 Å². The molecule has 0 atom stereocenters. The van der Waals surface area contributed by atoms with E-state index in [0.717, 1.165) is 17.5 Å². The van der Waals surface area contributed by atoms with Crippen LogP contribution in [0.5, 0.6) is 0 Å². The molecule has 1 N–H and O–H groups in total. The van der Waals surface area contributed by atoms with Gasteiger partial charge in [-0.2, -0.15) is 0 Å². The number of fused-ring (bicyclic) bond motifs is 3. The van der Waals surface area contributed by atoms with E-state index in [1.54, 1.807) is 0 Å². The molecule has 0 saturated carbocycles. The van der Waals surface area contributed by atoms with Gasteiger partial charge in [-0.3, -0.25) is 0 Å². The van der Waals surface area contributed by atoms with Crippen molar-refractivity contribution in [3.8, 4) is 11.1 Å². The number of rotatable bonds is 3. The quantitative estimate of drug-likeness (QED) is 0.719. The lowest BCUT2D eigenvalue weighted by molar-refractivity contribution is 0.00578. The number of aliphatic hydroxyl groups is 1. The van der Waals surface area contributed by atoms with E-state index in [4.69, 9.17) is 9.31 Å². The molecular weight excluding hydrogens is 323 g/mol. The average Bonchev–Trinajstić information content (AvgIpc) is 3.06. The maximum Gasteiger partial charge on any atom is 0.492 e. The van der Waals surface area contributed by atoms with Crippen molar-refractivity contribution >= 4 is 13.2 Å². The SMILES string of the molecule is CC1(C)OB(C(=Cc2ccc3c(c2)Cc2ccccc2-3)CO)OC1(C)C. The summed E-state index contributed by atoms with van der Waals surface area (Å²) in [6.45, 7) is 8.00. The fraction of sp³-hybridized carbons (Fsp3) is 0.364. The third-order valence-electron chi connectivity index (χ3n) is 5.91. The molecule has 26 heavy (non-hydrogen) atoms. The molecule has 3 nitrogen and oxygen atoms in total. The molecule has 0 aromatic heterocycles. The molecule has 0 bridgehead atoms. The standard InChI is InChI=1S/C22H25BO3/c1-21(2)22(3,4)26-23(25-21)18(14-24)12-15-9-10-20-17(11-15)13-16-7-5-6-8-19(16)20/h5-12,24H,13-14H2,1-4H3. The molecule has 1 fully saturated rings. The molecule has 4 heteroatoms. The second kappa shape index (κ2) is 6.09. The maximum absolute atomic E-state index is 9.90. The molecule has 1 aliphatic carbocycles. The summed E-state index contributed by atoms with van der Waals surface area (Å²) < 4.78 is 12.2. The molecule has 0 radical (unpaired) electrons. The highest BCUT2D eigenvalue weighted by molar-refractivity contribution is 6.55. The lowest BCUT2D eigenvalue weighted by atomic mass is 9.77. The predicted molar refractivity (Wildman–Crippen MR) is 106 cm³/mol. The summed E-state index contributed by atoms with van der Waals surface area (Å²) in [5.41, 5.74) is 6.32. The van der Waals surface area contributed by atoms with Gasteiger partial charge in [0.1, 0.15) is 0 Å². The summed E-state index contributed by atoms with van der Waals surface area (Å²) in [5.74, 6) is 0. The minimum Gasteiger partial charge on any atom is -0.400 e. The van der Waals surface area contributed by atoms with Gasteiger partial charge in [-0.25, -0.2) is 0 Å². The Morgan fingerprint density at radius 1 is 1.00 bits per heavy atom. The van der Waals surface area contributed by atoms with Gasteiger partial charge < -0.3 is 14.4 Å². The van der Waals surface area contributed by atoms with Crippen LogP contribution in [0.25, 0.3) is 17.2 Å². The van der Waals surface area contributed by atoms with Crippen LogP contribution in [0.4, 0.5) is 0 Å². The van der Waals surface area contributed by atoms with E-state index in [1.807, 2.05) is 33.8 Å². The van der Waals surface area contributed by atoms with Gasteiger partial charge in [-0.15, -0.1) is 0 Å². The normalized spacial score (nSPS) is 20.2. The van der Waals surface area contributed by atoms with Crippen molar-refractivity contribution in [1.29, 1.82) is 0 Å². The van der Waals surface area contributed by atoms with E-state index >= 15 is 0 Å². The van der Waals surface area contributed by atoms with Crippen LogP contribution in [0, 0.1) is 0 Å². The van der Waals surface area contributed by atoms with Gasteiger partial charge in [0.05, 0.1) is 17.8 Å². The topological polar surface area (TPSA) is 38.7 Å². The molecular formula is C22H25BO3. The van der Waals surface area contributed by atoms with Crippen LogP contribution in [0.3, 0.4) is 0 Å². The van der Waals surface area contributed by atoms with Crippen molar-refractivity contribution in [2.45, 2.75) is 45.3 Å². The lowest BCUT2D eigenvalue weighted by Gasteiger charge is -2.32. The zero-order valence-corrected chi connectivity index (χ0v) is 15.9. The molecule has 1 heterocycles. The molecule has 1 saturated heterocycles. The third-order valence-corrected chi connectivity index (χ3v) is 5.91. The monoisotopic (exact) mass is 348 g/mol. The first-order valence-electron chi connectivity index (χ1n) is 9.19. The largest absolute Gasteiger partial charge is 0.492 e. The van der Waals surface area contributed by atoms with Crippen LogP contribution < -0.4 is 0 Å². The van der Waals surface area contributed by atoms with Crippen LogP contribution in [0.2, 0.25) is 0 Å². The molecule has 0 unspecified atom stereocenters. The molecule has 2 aromatic carbocycles.